The van der Waals surface area contributed by atoms with Crippen LogP contribution in [-0.4, -0.2) is 63.2 Å². The van der Waals surface area contributed by atoms with E-state index in [1.807, 2.05) is 53.4 Å². The van der Waals surface area contributed by atoms with Crippen LogP contribution in [0.2, 0.25) is 5.02 Å². The number of benzene rings is 3. The summed E-state index contributed by atoms with van der Waals surface area (Å²) in [5.74, 6) is 2.37. The van der Waals surface area contributed by atoms with Crippen LogP contribution in [0.4, 0.5) is 0 Å². The summed E-state index contributed by atoms with van der Waals surface area (Å²) in [7, 11) is 5.31. The third-order valence-electron chi connectivity index (χ3n) is 6.16. The van der Waals surface area contributed by atoms with E-state index in [0.717, 1.165) is 35.7 Å². The van der Waals surface area contributed by atoms with E-state index >= 15 is 0 Å². The molecule has 1 saturated heterocycles. The molecule has 1 amide bonds. The fraction of sp³-hybridized carbons (Fsp3) is 0.321. The summed E-state index contributed by atoms with van der Waals surface area (Å²) >= 11 is 6.59. The number of hydrogen-bond acceptors (Lipinski definition) is 6. The molecule has 0 radical (unpaired) electrons. The zero-order valence-corrected chi connectivity index (χ0v) is 21.6. The SMILES string of the molecule is COc1ccc(COc2cc(Cl)c(C(=O)N3CCN(C)CC3)cc2OCc2ccc(OC)cc2)cc1. The summed E-state index contributed by atoms with van der Waals surface area (Å²) in [4.78, 5) is 17.3. The number of amides is 1. The van der Waals surface area contributed by atoms with Crippen molar-refractivity contribution in [1.29, 1.82) is 0 Å². The van der Waals surface area contributed by atoms with Gasteiger partial charge >= 0.3 is 0 Å². The van der Waals surface area contributed by atoms with Crippen LogP contribution in [0.3, 0.4) is 0 Å². The Hall–Kier alpha value is -3.42. The first kappa shape index (κ1) is 25.7. The molecule has 4 rings (SSSR count). The lowest BCUT2D eigenvalue weighted by molar-refractivity contribution is 0.0663. The minimum atomic E-state index is -0.107. The van der Waals surface area contributed by atoms with Crippen molar-refractivity contribution < 1.29 is 23.7 Å². The molecule has 0 unspecified atom stereocenters. The first-order chi connectivity index (χ1) is 17.5. The number of piperazine rings is 1. The molecule has 8 heteroatoms. The first-order valence-electron chi connectivity index (χ1n) is 11.8. The van der Waals surface area contributed by atoms with Gasteiger partial charge in [0.25, 0.3) is 5.91 Å². The number of nitrogens with zero attached hydrogens (tertiary/aromatic N) is 2. The quantitative estimate of drug-likeness (QED) is 0.408. The number of rotatable bonds is 9. The monoisotopic (exact) mass is 510 g/mol. The molecule has 190 valence electrons. The van der Waals surface area contributed by atoms with Crippen molar-refractivity contribution in [2.45, 2.75) is 13.2 Å². The van der Waals surface area contributed by atoms with Gasteiger partial charge in [-0.15, -0.1) is 0 Å². The van der Waals surface area contributed by atoms with E-state index in [-0.39, 0.29) is 5.91 Å². The second kappa shape index (κ2) is 12.0. The van der Waals surface area contributed by atoms with Gasteiger partial charge in [0.15, 0.2) is 11.5 Å². The van der Waals surface area contributed by atoms with Crippen LogP contribution < -0.4 is 18.9 Å². The number of likely N-dealkylation sites (N-methyl/N-ethyl adjacent to an activating group) is 1. The van der Waals surface area contributed by atoms with Gasteiger partial charge in [-0.3, -0.25) is 4.79 Å². The number of hydrogen-bond donors (Lipinski definition) is 0. The molecule has 1 fully saturated rings. The van der Waals surface area contributed by atoms with Gasteiger partial charge in [0.05, 0.1) is 24.8 Å². The van der Waals surface area contributed by atoms with E-state index in [1.165, 1.54) is 0 Å². The molecule has 0 bridgehead atoms. The molecular weight excluding hydrogens is 480 g/mol. The number of halogens is 1. The first-order valence-corrected chi connectivity index (χ1v) is 12.2. The van der Waals surface area contributed by atoms with Crippen molar-refractivity contribution in [2.75, 3.05) is 47.4 Å². The van der Waals surface area contributed by atoms with Crippen molar-refractivity contribution >= 4 is 17.5 Å². The zero-order chi connectivity index (χ0) is 25.5. The van der Waals surface area contributed by atoms with Crippen molar-refractivity contribution in [2.24, 2.45) is 0 Å². The minimum Gasteiger partial charge on any atom is -0.497 e. The van der Waals surface area contributed by atoms with Gasteiger partial charge in [-0.25, -0.2) is 0 Å². The molecule has 0 aromatic heterocycles. The highest BCUT2D eigenvalue weighted by molar-refractivity contribution is 6.34. The fourth-order valence-electron chi connectivity index (χ4n) is 3.87. The molecule has 0 spiro atoms. The van der Waals surface area contributed by atoms with Crippen LogP contribution in [0, 0.1) is 0 Å². The van der Waals surface area contributed by atoms with Crippen molar-refractivity contribution in [1.82, 2.24) is 9.80 Å². The Morgan fingerprint density at radius 3 is 1.72 bits per heavy atom. The maximum atomic E-state index is 13.3. The molecule has 36 heavy (non-hydrogen) atoms. The van der Waals surface area contributed by atoms with Crippen LogP contribution >= 0.6 is 11.6 Å². The normalized spacial score (nSPS) is 13.8. The maximum Gasteiger partial charge on any atom is 0.255 e. The summed E-state index contributed by atoms with van der Waals surface area (Å²) in [5.41, 5.74) is 2.33. The zero-order valence-electron chi connectivity index (χ0n) is 20.8. The summed E-state index contributed by atoms with van der Waals surface area (Å²) < 4.78 is 22.7. The van der Waals surface area contributed by atoms with Crippen LogP contribution in [-0.2, 0) is 13.2 Å². The highest BCUT2D eigenvalue weighted by atomic mass is 35.5. The average Bonchev–Trinajstić information content (AvgIpc) is 2.92. The third kappa shape index (κ3) is 6.42. The van der Waals surface area contributed by atoms with E-state index in [0.29, 0.717) is 48.4 Å². The summed E-state index contributed by atoms with van der Waals surface area (Å²) in [6.45, 7) is 3.57. The predicted molar refractivity (Wildman–Crippen MR) is 140 cm³/mol. The van der Waals surface area contributed by atoms with Gasteiger partial charge in [0.1, 0.15) is 24.7 Å². The average molecular weight is 511 g/mol. The lowest BCUT2D eigenvalue weighted by atomic mass is 10.1. The highest BCUT2D eigenvalue weighted by Gasteiger charge is 2.24. The number of ether oxygens (including phenoxy) is 4. The molecule has 3 aromatic rings. The molecule has 0 aliphatic carbocycles. The third-order valence-corrected chi connectivity index (χ3v) is 6.47. The number of methoxy groups -OCH3 is 2. The van der Waals surface area contributed by atoms with Crippen molar-refractivity contribution in [3.8, 4) is 23.0 Å². The Bertz CT molecular complexity index is 1160. The number of carbonyl (C=O) groups is 1. The molecule has 0 atom stereocenters. The molecule has 0 N–H and O–H groups in total. The Balaban J connectivity index is 1.56. The summed E-state index contributed by atoms with van der Waals surface area (Å²) in [6.07, 6.45) is 0. The van der Waals surface area contributed by atoms with Crippen LogP contribution in [0.1, 0.15) is 21.5 Å². The molecule has 1 heterocycles. The van der Waals surface area contributed by atoms with E-state index in [2.05, 4.69) is 11.9 Å². The van der Waals surface area contributed by atoms with E-state index in [1.54, 1.807) is 26.4 Å². The molecule has 1 aliphatic heterocycles. The topological polar surface area (TPSA) is 60.5 Å². The highest BCUT2D eigenvalue weighted by Crippen LogP contribution is 2.35. The lowest BCUT2D eigenvalue weighted by Gasteiger charge is -2.32. The Labute approximate surface area is 217 Å². The lowest BCUT2D eigenvalue weighted by Crippen LogP contribution is -2.47. The fourth-order valence-corrected chi connectivity index (χ4v) is 4.10. The molecule has 1 aliphatic rings. The smallest absolute Gasteiger partial charge is 0.255 e. The molecule has 0 saturated carbocycles. The second-order valence-corrected chi connectivity index (χ2v) is 9.05. The van der Waals surface area contributed by atoms with E-state index < -0.39 is 0 Å². The van der Waals surface area contributed by atoms with Gasteiger partial charge in [-0.1, -0.05) is 35.9 Å². The minimum absolute atomic E-state index is 0.107. The van der Waals surface area contributed by atoms with E-state index in [9.17, 15) is 4.79 Å². The van der Waals surface area contributed by atoms with Crippen molar-refractivity contribution in [3.05, 3.63) is 82.4 Å². The Kier molecular flexibility index (Phi) is 8.57. The maximum absolute atomic E-state index is 13.3. The van der Waals surface area contributed by atoms with Crippen LogP contribution in [0.5, 0.6) is 23.0 Å². The van der Waals surface area contributed by atoms with Gasteiger partial charge < -0.3 is 28.7 Å². The largest absolute Gasteiger partial charge is 0.497 e. The molecule has 3 aromatic carbocycles. The van der Waals surface area contributed by atoms with Crippen LogP contribution in [0.15, 0.2) is 60.7 Å². The summed E-state index contributed by atoms with van der Waals surface area (Å²) in [5, 5.41) is 0.334. The van der Waals surface area contributed by atoms with Gasteiger partial charge in [0.2, 0.25) is 0 Å². The number of carbonyl (C=O) groups excluding carboxylic acids is 1. The van der Waals surface area contributed by atoms with Crippen LogP contribution in [0.25, 0.3) is 0 Å². The molecule has 7 nitrogen and oxygen atoms in total. The van der Waals surface area contributed by atoms with Gasteiger partial charge in [0, 0.05) is 32.2 Å². The predicted octanol–water partition coefficient (Wildman–Crippen LogP) is 4.90. The van der Waals surface area contributed by atoms with Crippen molar-refractivity contribution in [3.63, 3.8) is 0 Å². The Morgan fingerprint density at radius 2 is 1.25 bits per heavy atom. The second-order valence-electron chi connectivity index (χ2n) is 8.65. The summed E-state index contributed by atoms with van der Waals surface area (Å²) in [6, 6.07) is 18.6. The molecular formula is C28H31ClN2O5. The Morgan fingerprint density at radius 1 is 0.778 bits per heavy atom. The standard InChI is InChI=1S/C28H31ClN2O5/c1-30-12-14-31(15-13-30)28(32)24-16-26(35-18-20-4-8-22(33-2)9-5-20)27(17-25(24)29)36-19-21-6-10-23(34-3)11-7-21/h4-11,16-17H,12-15,18-19H2,1-3H3. The van der Waals surface area contributed by atoms with Gasteiger partial charge in [-0.05, 0) is 48.5 Å². The van der Waals surface area contributed by atoms with Gasteiger partial charge in [-0.2, -0.15) is 0 Å². The van der Waals surface area contributed by atoms with E-state index in [4.69, 9.17) is 30.5 Å².